The van der Waals surface area contributed by atoms with E-state index in [-0.39, 0.29) is 0 Å². The second kappa shape index (κ2) is 3.09. The molecule has 3 heteroatoms. The van der Waals surface area contributed by atoms with Crippen LogP contribution < -0.4 is 5.73 Å². The van der Waals surface area contributed by atoms with Crippen LogP contribution in [0.15, 0.2) is 0 Å². The predicted molar refractivity (Wildman–Crippen MR) is 43.4 cm³/mol. The van der Waals surface area contributed by atoms with Gasteiger partial charge >= 0.3 is 0 Å². The van der Waals surface area contributed by atoms with E-state index in [0.29, 0.717) is 12.1 Å². The first-order chi connectivity index (χ1) is 5.36. The zero-order valence-electron chi connectivity index (χ0n) is 6.83. The third-order valence-electron chi connectivity index (χ3n) is 2.71. The number of ether oxygens (including phenoxy) is 1. The van der Waals surface area contributed by atoms with Gasteiger partial charge in [-0.1, -0.05) is 0 Å². The highest BCUT2D eigenvalue weighted by Crippen LogP contribution is 2.18. The van der Waals surface area contributed by atoms with Gasteiger partial charge < -0.3 is 10.5 Å². The number of morpholine rings is 1. The van der Waals surface area contributed by atoms with E-state index < -0.39 is 0 Å². The molecule has 0 aliphatic carbocycles. The van der Waals surface area contributed by atoms with E-state index in [9.17, 15) is 0 Å². The summed E-state index contributed by atoms with van der Waals surface area (Å²) in [6.45, 7) is 4.09. The Balaban J connectivity index is 1.93. The Morgan fingerprint density at radius 1 is 1.36 bits per heavy atom. The second-order valence-corrected chi connectivity index (χ2v) is 3.55. The maximum Gasteiger partial charge on any atom is 0.0623 e. The molecule has 2 aliphatic heterocycles. The minimum atomic E-state index is 0.415. The fourth-order valence-electron chi connectivity index (χ4n) is 2.00. The van der Waals surface area contributed by atoms with Crippen molar-refractivity contribution in [3.8, 4) is 0 Å². The Morgan fingerprint density at radius 3 is 3.18 bits per heavy atom. The van der Waals surface area contributed by atoms with E-state index in [2.05, 4.69) is 4.90 Å². The lowest BCUT2D eigenvalue weighted by Crippen LogP contribution is -2.52. The molecule has 2 rings (SSSR count). The highest BCUT2D eigenvalue weighted by molar-refractivity contribution is 4.85. The molecule has 0 aromatic rings. The van der Waals surface area contributed by atoms with Crippen LogP contribution in [-0.4, -0.2) is 43.3 Å². The molecular formula is C8H16N2O. The standard InChI is InChI=1S/C8H16N2O/c9-7-1-2-10-3-4-11-6-8(10)5-7/h7-8H,1-6,9H2/t7-,8+/m1/s1. The summed E-state index contributed by atoms with van der Waals surface area (Å²) in [7, 11) is 0. The monoisotopic (exact) mass is 156 g/mol. The van der Waals surface area contributed by atoms with Crippen molar-refractivity contribution in [3.05, 3.63) is 0 Å². The summed E-state index contributed by atoms with van der Waals surface area (Å²) in [6, 6.07) is 1.03. The van der Waals surface area contributed by atoms with Gasteiger partial charge in [0.25, 0.3) is 0 Å². The van der Waals surface area contributed by atoms with Gasteiger partial charge in [-0.15, -0.1) is 0 Å². The fourth-order valence-corrected chi connectivity index (χ4v) is 2.00. The number of rotatable bonds is 0. The molecule has 3 nitrogen and oxygen atoms in total. The van der Waals surface area contributed by atoms with Gasteiger partial charge in [0.1, 0.15) is 0 Å². The highest BCUT2D eigenvalue weighted by Gasteiger charge is 2.28. The third kappa shape index (κ3) is 1.55. The predicted octanol–water partition coefficient (Wildman–Crippen LogP) is -0.192. The molecule has 0 unspecified atom stereocenters. The van der Waals surface area contributed by atoms with Crippen LogP contribution in [0.2, 0.25) is 0 Å². The molecule has 2 fully saturated rings. The Morgan fingerprint density at radius 2 is 2.27 bits per heavy atom. The first kappa shape index (κ1) is 7.53. The van der Waals surface area contributed by atoms with Crippen LogP contribution in [0.5, 0.6) is 0 Å². The molecule has 2 atom stereocenters. The van der Waals surface area contributed by atoms with E-state index in [1.807, 2.05) is 0 Å². The lowest BCUT2D eigenvalue weighted by Gasteiger charge is -2.41. The van der Waals surface area contributed by atoms with Gasteiger partial charge in [0.05, 0.1) is 13.2 Å². The molecule has 0 aromatic heterocycles. The van der Waals surface area contributed by atoms with Gasteiger partial charge in [0.15, 0.2) is 0 Å². The number of nitrogens with two attached hydrogens (primary N) is 1. The van der Waals surface area contributed by atoms with Crippen molar-refractivity contribution >= 4 is 0 Å². The van der Waals surface area contributed by atoms with Crippen LogP contribution in [0.3, 0.4) is 0 Å². The van der Waals surface area contributed by atoms with E-state index in [0.717, 1.165) is 32.6 Å². The topological polar surface area (TPSA) is 38.5 Å². The summed E-state index contributed by atoms with van der Waals surface area (Å²) < 4.78 is 5.39. The fraction of sp³-hybridized carbons (Fsp3) is 1.00. The Bertz CT molecular complexity index is 140. The average molecular weight is 156 g/mol. The number of piperidine rings is 1. The minimum absolute atomic E-state index is 0.415. The SMILES string of the molecule is N[C@@H]1CCN2CCOC[C@@H]2C1. The van der Waals surface area contributed by atoms with Crippen LogP contribution in [0, 0.1) is 0 Å². The average Bonchev–Trinajstić information content (AvgIpc) is 2.04. The summed E-state index contributed by atoms with van der Waals surface area (Å²) in [6.07, 6.45) is 2.29. The molecule has 11 heavy (non-hydrogen) atoms. The Labute approximate surface area is 67.5 Å². The van der Waals surface area contributed by atoms with Gasteiger partial charge in [0, 0.05) is 25.2 Å². The third-order valence-corrected chi connectivity index (χ3v) is 2.71. The molecule has 0 aromatic carbocycles. The van der Waals surface area contributed by atoms with Gasteiger partial charge in [-0.25, -0.2) is 0 Å². The summed E-state index contributed by atoms with van der Waals surface area (Å²) in [5.74, 6) is 0. The lowest BCUT2D eigenvalue weighted by atomic mass is 9.98. The van der Waals surface area contributed by atoms with Gasteiger partial charge in [0.2, 0.25) is 0 Å². The number of fused-ring (bicyclic) bond motifs is 1. The van der Waals surface area contributed by atoms with Crippen molar-refractivity contribution in [3.63, 3.8) is 0 Å². The zero-order chi connectivity index (χ0) is 7.68. The van der Waals surface area contributed by atoms with Crippen molar-refractivity contribution in [2.24, 2.45) is 5.73 Å². The summed E-state index contributed by atoms with van der Waals surface area (Å²) >= 11 is 0. The number of nitrogens with zero attached hydrogens (tertiary/aromatic N) is 1. The Kier molecular flexibility index (Phi) is 2.11. The summed E-state index contributed by atoms with van der Waals surface area (Å²) in [4.78, 5) is 2.51. The van der Waals surface area contributed by atoms with E-state index in [1.165, 1.54) is 6.54 Å². The zero-order valence-corrected chi connectivity index (χ0v) is 6.83. The van der Waals surface area contributed by atoms with Gasteiger partial charge in [-0.2, -0.15) is 0 Å². The molecule has 0 spiro atoms. The van der Waals surface area contributed by atoms with Crippen LogP contribution >= 0.6 is 0 Å². The molecule has 0 amide bonds. The van der Waals surface area contributed by atoms with Crippen LogP contribution in [0.1, 0.15) is 12.8 Å². The van der Waals surface area contributed by atoms with Crippen molar-refractivity contribution in [2.45, 2.75) is 24.9 Å². The summed E-state index contributed by atoms with van der Waals surface area (Å²) in [5, 5.41) is 0. The maximum absolute atomic E-state index is 5.86. The van der Waals surface area contributed by atoms with Crippen LogP contribution in [-0.2, 0) is 4.74 Å². The van der Waals surface area contributed by atoms with Crippen molar-refractivity contribution < 1.29 is 4.74 Å². The summed E-state index contributed by atoms with van der Waals surface area (Å²) in [5.41, 5.74) is 5.86. The quantitative estimate of drug-likeness (QED) is 0.528. The molecule has 2 N–H and O–H groups in total. The van der Waals surface area contributed by atoms with Crippen molar-refractivity contribution in [1.82, 2.24) is 4.90 Å². The van der Waals surface area contributed by atoms with Gasteiger partial charge in [-0.05, 0) is 12.8 Å². The minimum Gasteiger partial charge on any atom is -0.378 e. The first-order valence-corrected chi connectivity index (χ1v) is 4.43. The largest absolute Gasteiger partial charge is 0.378 e. The normalized spacial score (nSPS) is 40.1. The van der Waals surface area contributed by atoms with Crippen molar-refractivity contribution in [1.29, 1.82) is 0 Å². The highest BCUT2D eigenvalue weighted by atomic mass is 16.5. The molecule has 2 saturated heterocycles. The molecule has 0 saturated carbocycles. The lowest BCUT2D eigenvalue weighted by molar-refractivity contribution is -0.0268. The molecular weight excluding hydrogens is 140 g/mol. The molecule has 64 valence electrons. The van der Waals surface area contributed by atoms with Crippen LogP contribution in [0.4, 0.5) is 0 Å². The second-order valence-electron chi connectivity index (χ2n) is 3.55. The van der Waals surface area contributed by atoms with E-state index in [4.69, 9.17) is 10.5 Å². The molecule has 0 bridgehead atoms. The Hall–Kier alpha value is -0.120. The smallest absolute Gasteiger partial charge is 0.0623 e. The maximum atomic E-state index is 5.86. The first-order valence-electron chi connectivity index (χ1n) is 4.43. The molecule has 0 radical (unpaired) electrons. The molecule has 2 heterocycles. The number of hydrogen-bond acceptors (Lipinski definition) is 3. The van der Waals surface area contributed by atoms with Crippen LogP contribution in [0.25, 0.3) is 0 Å². The van der Waals surface area contributed by atoms with Gasteiger partial charge in [-0.3, -0.25) is 4.90 Å². The van der Waals surface area contributed by atoms with E-state index >= 15 is 0 Å². The van der Waals surface area contributed by atoms with Crippen molar-refractivity contribution in [2.75, 3.05) is 26.3 Å². The van der Waals surface area contributed by atoms with E-state index in [1.54, 1.807) is 0 Å². The molecule has 2 aliphatic rings. The number of hydrogen-bond donors (Lipinski definition) is 1.